The van der Waals surface area contributed by atoms with Gasteiger partial charge in [-0.3, -0.25) is 4.79 Å². The van der Waals surface area contributed by atoms with Gasteiger partial charge >= 0.3 is 12.3 Å². The summed E-state index contributed by atoms with van der Waals surface area (Å²) >= 11 is 0. The lowest BCUT2D eigenvalue weighted by Gasteiger charge is -2.15. The van der Waals surface area contributed by atoms with Crippen molar-refractivity contribution in [3.8, 4) is 17.2 Å². The molecule has 0 unspecified atom stereocenters. The maximum Gasteiger partial charge on any atom is 0.573 e. The van der Waals surface area contributed by atoms with Crippen LogP contribution in [0.1, 0.15) is 26.3 Å². The van der Waals surface area contributed by atoms with Crippen LogP contribution in [0.4, 0.5) is 17.6 Å². The first-order chi connectivity index (χ1) is 12.7. The standard InChI is InChI=1S/C17H12F4O6/c1-25-13-6-11(27-17(19,20)21)4-5-12(13)26-8-10-3-2-9(7-22)15(18)14(10)16(23)24/h2-7H,8H2,1H3,(H,23,24). The van der Waals surface area contributed by atoms with Gasteiger partial charge in [-0.05, 0) is 18.2 Å². The van der Waals surface area contributed by atoms with Crippen LogP contribution in [0.15, 0.2) is 30.3 Å². The highest BCUT2D eigenvalue weighted by atomic mass is 19.4. The van der Waals surface area contributed by atoms with Crippen molar-refractivity contribution in [2.24, 2.45) is 0 Å². The molecule has 0 atom stereocenters. The highest BCUT2D eigenvalue weighted by Gasteiger charge is 2.31. The monoisotopic (exact) mass is 388 g/mol. The van der Waals surface area contributed by atoms with Crippen LogP contribution in [-0.2, 0) is 6.61 Å². The number of rotatable bonds is 7. The minimum absolute atomic E-state index is 0.0248. The van der Waals surface area contributed by atoms with Crippen LogP contribution < -0.4 is 14.2 Å². The highest BCUT2D eigenvalue weighted by molar-refractivity contribution is 5.92. The third-order valence-electron chi connectivity index (χ3n) is 3.35. The fraction of sp³-hybridized carbons (Fsp3) is 0.176. The molecule has 6 nitrogen and oxygen atoms in total. The lowest BCUT2D eigenvalue weighted by molar-refractivity contribution is -0.274. The maximum absolute atomic E-state index is 14.1. The Balaban J connectivity index is 2.28. The van der Waals surface area contributed by atoms with Crippen molar-refractivity contribution in [1.29, 1.82) is 0 Å². The molecule has 0 aromatic heterocycles. The first-order valence-electron chi connectivity index (χ1n) is 7.22. The Labute approximate surface area is 149 Å². The van der Waals surface area contributed by atoms with Crippen LogP contribution in [0.2, 0.25) is 0 Å². The van der Waals surface area contributed by atoms with E-state index in [0.717, 1.165) is 24.3 Å². The van der Waals surface area contributed by atoms with E-state index < -0.39 is 41.6 Å². The van der Waals surface area contributed by atoms with Crippen molar-refractivity contribution < 1.29 is 46.5 Å². The molecule has 144 valence electrons. The van der Waals surface area contributed by atoms with Crippen LogP contribution in [0.25, 0.3) is 0 Å². The molecule has 27 heavy (non-hydrogen) atoms. The summed E-state index contributed by atoms with van der Waals surface area (Å²) in [5.41, 5.74) is -1.25. The van der Waals surface area contributed by atoms with Gasteiger partial charge in [0.1, 0.15) is 23.7 Å². The van der Waals surface area contributed by atoms with Crippen LogP contribution >= 0.6 is 0 Å². The number of carboxylic acid groups (broad SMARTS) is 1. The normalized spacial score (nSPS) is 11.0. The quantitative estimate of drug-likeness (QED) is 0.574. The molecule has 2 aromatic carbocycles. The molecule has 2 rings (SSSR count). The predicted molar refractivity (Wildman–Crippen MR) is 82.8 cm³/mol. The lowest BCUT2D eigenvalue weighted by Crippen LogP contribution is -2.17. The summed E-state index contributed by atoms with van der Waals surface area (Å²) in [6.07, 6.45) is -4.71. The number of carbonyl (C=O) groups is 2. The number of methoxy groups -OCH3 is 1. The molecule has 0 aliphatic carbocycles. The van der Waals surface area contributed by atoms with Crippen molar-refractivity contribution in [3.63, 3.8) is 0 Å². The SMILES string of the molecule is COc1cc(OC(F)(F)F)ccc1OCc1ccc(C=O)c(F)c1C(=O)O. The smallest absolute Gasteiger partial charge is 0.493 e. The molecule has 0 aliphatic heterocycles. The second-order valence-corrected chi connectivity index (χ2v) is 5.08. The molecule has 0 bridgehead atoms. The van der Waals surface area contributed by atoms with Gasteiger partial charge in [-0.25, -0.2) is 9.18 Å². The third kappa shape index (κ3) is 4.87. The average molecular weight is 388 g/mol. The van der Waals surface area contributed by atoms with Gasteiger partial charge in [0.25, 0.3) is 0 Å². The van der Waals surface area contributed by atoms with Crippen LogP contribution in [0.3, 0.4) is 0 Å². The van der Waals surface area contributed by atoms with Crippen LogP contribution in [0, 0.1) is 5.82 Å². The molecule has 10 heteroatoms. The molecule has 0 amide bonds. The van der Waals surface area contributed by atoms with Gasteiger partial charge in [-0.2, -0.15) is 0 Å². The Bertz CT molecular complexity index is 863. The zero-order valence-electron chi connectivity index (χ0n) is 13.7. The molecule has 1 N–H and O–H groups in total. The van der Waals surface area contributed by atoms with Gasteiger partial charge in [-0.15, -0.1) is 13.2 Å². The van der Waals surface area contributed by atoms with Crippen molar-refractivity contribution in [2.45, 2.75) is 13.0 Å². The molecule has 0 aliphatic rings. The third-order valence-corrected chi connectivity index (χ3v) is 3.35. The van der Waals surface area contributed by atoms with Crippen molar-refractivity contribution >= 4 is 12.3 Å². The minimum Gasteiger partial charge on any atom is -0.493 e. The van der Waals surface area contributed by atoms with E-state index in [1.54, 1.807) is 0 Å². The zero-order chi connectivity index (χ0) is 20.2. The van der Waals surface area contributed by atoms with Gasteiger partial charge in [0, 0.05) is 11.6 Å². The van der Waals surface area contributed by atoms with Gasteiger partial charge in [0.05, 0.1) is 12.7 Å². The van der Waals surface area contributed by atoms with Crippen molar-refractivity contribution in [3.05, 3.63) is 52.8 Å². The summed E-state index contributed by atoms with van der Waals surface area (Å²) < 4.78 is 64.8. The molecule has 0 saturated heterocycles. The number of hydrogen-bond donors (Lipinski definition) is 1. The predicted octanol–water partition coefficient (Wildman–Crippen LogP) is 3.82. The number of carboxylic acids is 1. The molecule has 0 fully saturated rings. The summed E-state index contributed by atoms with van der Waals surface area (Å²) in [4.78, 5) is 22.0. The van der Waals surface area contributed by atoms with E-state index in [0.29, 0.717) is 0 Å². The Kier molecular flexibility index (Phi) is 5.88. The molecular formula is C17H12F4O6. The number of alkyl halides is 3. The largest absolute Gasteiger partial charge is 0.573 e. The second kappa shape index (κ2) is 7.94. The van der Waals surface area contributed by atoms with E-state index in [2.05, 4.69) is 4.74 Å². The maximum atomic E-state index is 14.1. The van der Waals surface area contributed by atoms with Gasteiger partial charge < -0.3 is 19.3 Å². The van der Waals surface area contributed by atoms with E-state index in [1.165, 1.54) is 13.2 Å². The Hall–Kier alpha value is -3.30. The van der Waals surface area contributed by atoms with E-state index >= 15 is 0 Å². The Morgan fingerprint density at radius 2 is 1.89 bits per heavy atom. The highest BCUT2D eigenvalue weighted by Crippen LogP contribution is 2.34. The summed E-state index contributed by atoms with van der Waals surface area (Å²) in [5, 5.41) is 9.15. The molecule has 0 saturated carbocycles. The summed E-state index contributed by atoms with van der Waals surface area (Å²) in [7, 11) is 1.18. The minimum atomic E-state index is -4.89. The molecular weight excluding hydrogens is 376 g/mol. The molecule has 0 spiro atoms. The van der Waals surface area contributed by atoms with Gasteiger partial charge in [0.2, 0.25) is 0 Å². The molecule has 0 radical (unpaired) electrons. The second-order valence-electron chi connectivity index (χ2n) is 5.08. The topological polar surface area (TPSA) is 82.1 Å². The first-order valence-corrected chi connectivity index (χ1v) is 7.22. The van der Waals surface area contributed by atoms with E-state index in [4.69, 9.17) is 14.6 Å². The Morgan fingerprint density at radius 1 is 1.19 bits per heavy atom. The Morgan fingerprint density at radius 3 is 2.44 bits per heavy atom. The fourth-order valence-electron chi connectivity index (χ4n) is 2.19. The summed E-state index contributed by atoms with van der Waals surface area (Å²) in [6.45, 7) is -0.437. The number of benzene rings is 2. The number of aromatic carboxylic acids is 1. The summed E-state index contributed by atoms with van der Waals surface area (Å²) in [6, 6.07) is 5.31. The fourth-order valence-corrected chi connectivity index (χ4v) is 2.19. The van der Waals surface area contributed by atoms with E-state index in [9.17, 15) is 27.2 Å². The number of hydrogen-bond acceptors (Lipinski definition) is 5. The van der Waals surface area contributed by atoms with E-state index in [1.807, 2.05) is 0 Å². The summed E-state index contributed by atoms with van der Waals surface area (Å²) in [5.74, 6) is -3.49. The average Bonchev–Trinajstić information content (AvgIpc) is 2.58. The first kappa shape index (κ1) is 20.0. The van der Waals surface area contributed by atoms with Crippen LogP contribution in [-0.4, -0.2) is 30.8 Å². The number of halogens is 4. The molecule has 0 heterocycles. The number of carbonyl (C=O) groups excluding carboxylic acids is 1. The van der Waals surface area contributed by atoms with Crippen molar-refractivity contribution in [1.82, 2.24) is 0 Å². The molecule has 2 aromatic rings. The zero-order valence-corrected chi connectivity index (χ0v) is 13.7. The number of aldehydes is 1. The number of ether oxygens (including phenoxy) is 3. The van der Waals surface area contributed by atoms with Crippen molar-refractivity contribution in [2.75, 3.05) is 7.11 Å². The lowest BCUT2D eigenvalue weighted by atomic mass is 10.0. The van der Waals surface area contributed by atoms with Gasteiger partial charge in [0.15, 0.2) is 17.8 Å². The van der Waals surface area contributed by atoms with Crippen LogP contribution in [0.5, 0.6) is 17.2 Å². The van der Waals surface area contributed by atoms with Gasteiger partial charge in [-0.1, -0.05) is 6.07 Å². The van der Waals surface area contributed by atoms with E-state index in [-0.39, 0.29) is 23.3 Å².